The summed E-state index contributed by atoms with van der Waals surface area (Å²) in [5.41, 5.74) is 1.99. The molecule has 2 aromatic carbocycles. The normalized spacial score (nSPS) is 11.7. The van der Waals surface area contributed by atoms with Crippen molar-refractivity contribution in [2.75, 3.05) is 14.1 Å². The highest BCUT2D eigenvalue weighted by Gasteiger charge is 2.17. The number of carbonyl (C=O) groups excluding carboxylic acids is 1. The van der Waals surface area contributed by atoms with Crippen molar-refractivity contribution in [3.8, 4) is 5.88 Å². The lowest BCUT2D eigenvalue weighted by molar-refractivity contribution is -0.117. The Labute approximate surface area is 159 Å². The molecule has 0 saturated carbocycles. The van der Waals surface area contributed by atoms with Crippen molar-refractivity contribution in [1.82, 2.24) is 9.47 Å². The smallest absolute Gasteiger partial charge is 0.269 e. The summed E-state index contributed by atoms with van der Waals surface area (Å²) in [7, 11) is 3.82. The van der Waals surface area contributed by atoms with Crippen molar-refractivity contribution in [3.05, 3.63) is 58.6 Å². The first-order valence-electron chi connectivity index (χ1n) is 8.09. The Morgan fingerprint density at radius 3 is 2.62 bits per heavy atom. The molecular formula is C19H19BrN4O2. The topological polar surface area (TPSA) is 70.2 Å². The molecule has 1 amide bonds. The molecule has 1 heterocycles. The molecule has 26 heavy (non-hydrogen) atoms. The lowest BCUT2D eigenvalue weighted by Crippen LogP contribution is -2.16. The average Bonchev–Trinajstić information content (AvgIpc) is 2.84. The van der Waals surface area contributed by atoms with Gasteiger partial charge in [0, 0.05) is 9.86 Å². The number of hydrogen-bond acceptors (Lipinski definition) is 4. The number of amides is 1. The molecule has 0 atom stereocenters. The van der Waals surface area contributed by atoms with E-state index in [-0.39, 0.29) is 18.2 Å². The van der Waals surface area contributed by atoms with Gasteiger partial charge in [0.05, 0.1) is 18.6 Å². The van der Waals surface area contributed by atoms with E-state index in [1.54, 1.807) is 4.57 Å². The number of aromatic hydroxyl groups is 1. The Bertz CT molecular complexity index is 965. The van der Waals surface area contributed by atoms with Crippen LogP contribution in [0.15, 0.2) is 63.2 Å². The van der Waals surface area contributed by atoms with Crippen LogP contribution in [0.4, 0.5) is 5.69 Å². The summed E-state index contributed by atoms with van der Waals surface area (Å²) in [5.74, 6) is -0.373. The second-order valence-electron chi connectivity index (χ2n) is 6.24. The molecule has 3 rings (SSSR count). The molecular weight excluding hydrogens is 396 g/mol. The van der Waals surface area contributed by atoms with Crippen LogP contribution in [0.3, 0.4) is 0 Å². The number of rotatable bonds is 5. The highest BCUT2D eigenvalue weighted by atomic mass is 79.9. The lowest BCUT2D eigenvalue weighted by atomic mass is 10.1. The van der Waals surface area contributed by atoms with Crippen molar-refractivity contribution >= 4 is 38.4 Å². The number of aromatic nitrogens is 1. The molecule has 3 aromatic rings. The minimum absolute atomic E-state index is 0.0111. The van der Waals surface area contributed by atoms with Gasteiger partial charge >= 0.3 is 0 Å². The molecule has 1 N–H and O–H groups in total. The molecule has 7 heteroatoms. The molecule has 134 valence electrons. The first-order valence-corrected chi connectivity index (χ1v) is 8.89. The van der Waals surface area contributed by atoms with Gasteiger partial charge in [-0.3, -0.25) is 14.3 Å². The van der Waals surface area contributed by atoms with E-state index in [1.165, 1.54) is 0 Å². The average molecular weight is 415 g/mol. The second-order valence-corrected chi connectivity index (χ2v) is 7.15. The van der Waals surface area contributed by atoms with Gasteiger partial charge in [-0.15, -0.1) is 10.2 Å². The molecule has 0 aliphatic carbocycles. The molecule has 0 unspecified atom stereocenters. The maximum absolute atomic E-state index is 12.1. The Kier molecular flexibility index (Phi) is 5.49. The van der Waals surface area contributed by atoms with Crippen LogP contribution in [0.25, 0.3) is 10.9 Å². The van der Waals surface area contributed by atoms with Crippen LogP contribution in [-0.4, -0.2) is 34.6 Å². The highest BCUT2D eigenvalue weighted by Crippen LogP contribution is 2.40. The van der Waals surface area contributed by atoms with Crippen LogP contribution in [-0.2, 0) is 17.9 Å². The van der Waals surface area contributed by atoms with Crippen molar-refractivity contribution < 1.29 is 9.90 Å². The van der Waals surface area contributed by atoms with Crippen LogP contribution >= 0.6 is 15.9 Å². The molecule has 1 aromatic heterocycles. The van der Waals surface area contributed by atoms with E-state index in [4.69, 9.17) is 0 Å². The molecule has 0 aliphatic rings. The molecule has 0 spiro atoms. The minimum atomic E-state index is -0.362. The van der Waals surface area contributed by atoms with E-state index in [0.29, 0.717) is 12.4 Å². The van der Waals surface area contributed by atoms with Gasteiger partial charge < -0.3 is 5.11 Å². The van der Waals surface area contributed by atoms with E-state index in [1.807, 2.05) is 67.5 Å². The molecule has 0 radical (unpaired) electrons. The number of carbonyl (C=O) groups is 1. The quantitative estimate of drug-likeness (QED) is 0.625. The summed E-state index contributed by atoms with van der Waals surface area (Å²) in [4.78, 5) is 14.1. The second kappa shape index (κ2) is 7.80. The first-order chi connectivity index (χ1) is 12.5. The van der Waals surface area contributed by atoms with Crippen LogP contribution < -0.4 is 0 Å². The summed E-state index contributed by atoms with van der Waals surface area (Å²) in [6.07, 6.45) is 0.172. The Balaban J connectivity index is 1.95. The summed E-state index contributed by atoms with van der Waals surface area (Å²) in [5, 5.41) is 19.2. The zero-order valence-corrected chi connectivity index (χ0v) is 16.1. The Morgan fingerprint density at radius 1 is 1.19 bits per heavy atom. The summed E-state index contributed by atoms with van der Waals surface area (Å²) < 4.78 is 2.59. The number of azo groups is 1. The maximum Gasteiger partial charge on any atom is 0.269 e. The van der Waals surface area contributed by atoms with Gasteiger partial charge in [-0.2, -0.15) is 0 Å². The van der Waals surface area contributed by atoms with Gasteiger partial charge in [0.1, 0.15) is 0 Å². The van der Waals surface area contributed by atoms with Gasteiger partial charge in [0.15, 0.2) is 5.69 Å². The van der Waals surface area contributed by atoms with E-state index in [0.717, 1.165) is 20.9 Å². The fourth-order valence-corrected chi connectivity index (χ4v) is 3.09. The number of fused-ring (bicyclic) bond motifs is 1. The van der Waals surface area contributed by atoms with Crippen molar-refractivity contribution in [1.29, 1.82) is 0 Å². The third kappa shape index (κ3) is 4.00. The molecule has 6 nitrogen and oxygen atoms in total. The van der Waals surface area contributed by atoms with Crippen molar-refractivity contribution in [2.45, 2.75) is 13.1 Å². The molecule has 0 aliphatic heterocycles. The number of hydrogen-bond donors (Lipinski definition) is 1. The maximum atomic E-state index is 12.1. The number of halogens is 1. The van der Waals surface area contributed by atoms with Crippen LogP contribution in [0, 0.1) is 0 Å². The first kappa shape index (κ1) is 18.3. The predicted molar refractivity (Wildman–Crippen MR) is 105 cm³/mol. The van der Waals surface area contributed by atoms with E-state index >= 15 is 0 Å². The van der Waals surface area contributed by atoms with Crippen molar-refractivity contribution in [3.63, 3.8) is 0 Å². The predicted octanol–water partition coefficient (Wildman–Crippen LogP) is 4.48. The zero-order chi connectivity index (χ0) is 18.7. The molecule has 0 saturated heterocycles. The highest BCUT2D eigenvalue weighted by molar-refractivity contribution is 9.10. The number of nitrogens with zero attached hydrogens (tertiary/aromatic N) is 4. The fourth-order valence-electron chi connectivity index (χ4n) is 2.73. The van der Waals surface area contributed by atoms with Crippen LogP contribution in [0.2, 0.25) is 0 Å². The van der Waals surface area contributed by atoms with Gasteiger partial charge in [-0.25, -0.2) is 0 Å². The van der Waals surface area contributed by atoms with Gasteiger partial charge in [-0.05, 0) is 37.9 Å². The van der Waals surface area contributed by atoms with Crippen LogP contribution in [0.1, 0.15) is 5.56 Å². The van der Waals surface area contributed by atoms with E-state index < -0.39 is 0 Å². The van der Waals surface area contributed by atoms with Gasteiger partial charge in [-0.1, -0.05) is 46.3 Å². The van der Waals surface area contributed by atoms with E-state index in [2.05, 4.69) is 26.2 Å². The monoisotopic (exact) mass is 414 g/mol. The third-order valence-electron chi connectivity index (χ3n) is 3.86. The Hall–Kier alpha value is -2.51. The summed E-state index contributed by atoms with van der Waals surface area (Å²) in [6, 6.07) is 15.0. The summed E-state index contributed by atoms with van der Waals surface area (Å²) >= 11 is 3.44. The van der Waals surface area contributed by atoms with Crippen LogP contribution in [0.5, 0.6) is 5.88 Å². The van der Waals surface area contributed by atoms with Gasteiger partial charge in [0.2, 0.25) is 5.88 Å². The lowest BCUT2D eigenvalue weighted by Gasteiger charge is -2.13. The molecule has 0 fully saturated rings. The standard InChI is InChI=1S/C19H19BrN4O2/c1-23(2)12-24-16-9-8-14(20)11-15(16)18(19(24)26)22-21-17(25)10-13-6-4-3-5-7-13/h3-9,11,26H,10,12H2,1-2H3. The van der Waals surface area contributed by atoms with Gasteiger partial charge in [0.25, 0.3) is 5.91 Å². The number of benzene rings is 2. The zero-order valence-electron chi connectivity index (χ0n) is 14.6. The van der Waals surface area contributed by atoms with E-state index in [9.17, 15) is 9.90 Å². The Morgan fingerprint density at radius 2 is 1.92 bits per heavy atom. The SMILES string of the molecule is CN(C)Cn1c(O)c(N=NC(=O)Cc2ccccc2)c2cc(Br)ccc21. The van der Waals surface area contributed by atoms with Crippen molar-refractivity contribution in [2.24, 2.45) is 10.2 Å². The molecule has 0 bridgehead atoms. The fraction of sp³-hybridized carbons (Fsp3) is 0.211. The third-order valence-corrected chi connectivity index (χ3v) is 4.35. The summed E-state index contributed by atoms with van der Waals surface area (Å²) in [6.45, 7) is 0.484. The largest absolute Gasteiger partial charge is 0.493 e. The minimum Gasteiger partial charge on any atom is -0.493 e.